The van der Waals surface area contributed by atoms with Gasteiger partial charge >= 0.3 is 0 Å². The van der Waals surface area contributed by atoms with Crippen molar-refractivity contribution in [3.05, 3.63) is 23.9 Å². The molecule has 1 amide bonds. The van der Waals surface area contributed by atoms with Gasteiger partial charge in [0.25, 0.3) is 5.91 Å². The van der Waals surface area contributed by atoms with Gasteiger partial charge in [0.15, 0.2) is 0 Å². The van der Waals surface area contributed by atoms with Crippen LogP contribution in [0.5, 0.6) is 0 Å². The van der Waals surface area contributed by atoms with Crippen LogP contribution in [-0.2, 0) is 0 Å². The van der Waals surface area contributed by atoms with Crippen molar-refractivity contribution in [2.45, 2.75) is 6.04 Å². The minimum absolute atomic E-state index is 0.226. The van der Waals surface area contributed by atoms with Gasteiger partial charge in [0.1, 0.15) is 5.82 Å². The second-order valence-electron chi connectivity index (χ2n) is 2.97. The zero-order chi connectivity index (χ0) is 11.3. The first-order chi connectivity index (χ1) is 7.19. The summed E-state index contributed by atoms with van der Waals surface area (Å²) in [4.78, 5) is 14.9. The normalized spacial score (nSPS) is 10.3. The summed E-state index contributed by atoms with van der Waals surface area (Å²) in [7, 11) is 0. The van der Waals surface area contributed by atoms with Gasteiger partial charge in [-0.15, -0.1) is 0 Å². The summed E-state index contributed by atoms with van der Waals surface area (Å²) >= 11 is 0. The molecule has 0 fully saturated rings. The summed E-state index contributed by atoms with van der Waals surface area (Å²) in [5, 5.41) is 20.4. The van der Waals surface area contributed by atoms with Crippen LogP contribution in [0.3, 0.4) is 0 Å². The van der Waals surface area contributed by atoms with E-state index >= 15 is 0 Å². The number of nitrogens with one attached hydrogen (secondary N) is 1. The van der Waals surface area contributed by atoms with Crippen molar-refractivity contribution >= 4 is 11.7 Å². The van der Waals surface area contributed by atoms with Crippen LogP contribution in [0.2, 0.25) is 0 Å². The van der Waals surface area contributed by atoms with Crippen molar-refractivity contribution in [1.82, 2.24) is 4.98 Å². The van der Waals surface area contributed by atoms with E-state index in [1.807, 2.05) is 0 Å². The van der Waals surface area contributed by atoms with Crippen molar-refractivity contribution in [2.75, 3.05) is 18.5 Å². The second kappa shape index (κ2) is 5.28. The molecule has 15 heavy (non-hydrogen) atoms. The third-order valence-corrected chi connectivity index (χ3v) is 1.85. The van der Waals surface area contributed by atoms with Gasteiger partial charge in [-0.05, 0) is 12.1 Å². The quantitative estimate of drug-likeness (QED) is 0.496. The molecule has 6 heteroatoms. The van der Waals surface area contributed by atoms with Crippen molar-refractivity contribution in [2.24, 2.45) is 5.73 Å². The van der Waals surface area contributed by atoms with Crippen LogP contribution in [0.4, 0.5) is 5.82 Å². The molecule has 0 saturated carbocycles. The molecule has 0 unspecified atom stereocenters. The summed E-state index contributed by atoms with van der Waals surface area (Å²) in [6, 6.07) is 2.54. The number of carbonyl (C=O) groups excluding carboxylic acids is 1. The van der Waals surface area contributed by atoms with E-state index < -0.39 is 11.9 Å². The maximum absolute atomic E-state index is 11.0. The molecule has 1 heterocycles. The average Bonchev–Trinajstić information content (AvgIpc) is 2.26. The molecule has 0 aromatic carbocycles. The standard InChI is InChI=1S/C9H13N3O3/c10-8(15)7-2-1-3-11-9(7)12-6(4-13)5-14/h1-3,6,13-14H,4-5H2,(H2,10,15)(H,11,12). The largest absolute Gasteiger partial charge is 0.394 e. The monoisotopic (exact) mass is 211 g/mol. The Kier molecular flexibility index (Phi) is 4.02. The number of aliphatic hydroxyl groups excluding tert-OH is 2. The first-order valence-electron chi connectivity index (χ1n) is 4.42. The maximum Gasteiger partial charge on any atom is 0.252 e. The summed E-state index contributed by atoms with van der Waals surface area (Å²) in [6.45, 7) is -0.517. The molecule has 0 aliphatic carbocycles. The number of nitrogens with zero attached hydrogens (tertiary/aromatic N) is 1. The van der Waals surface area contributed by atoms with Gasteiger partial charge in [0, 0.05) is 6.20 Å². The fraction of sp³-hybridized carbons (Fsp3) is 0.333. The van der Waals surface area contributed by atoms with Gasteiger partial charge in [0.05, 0.1) is 24.8 Å². The first kappa shape index (κ1) is 11.4. The summed E-state index contributed by atoms with van der Waals surface area (Å²) in [5.41, 5.74) is 5.36. The third kappa shape index (κ3) is 2.90. The van der Waals surface area contributed by atoms with Crippen LogP contribution >= 0.6 is 0 Å². The Morgan fingerprint density at radius 1 is 1.53 bits per heavy atom. The van der Waals surface area contributed by atoms with E-state index in [1.165, 1.54) is 12.3 Å². The molecule has 1 aromatic rings. The third-order valence-electron chi connectivity index (χ3n) is 1.85. The molecular weight excluding hydrogens is 198 g/mol. The zero-order valence-electron chi connectivity index (χ0n) is 8.05. The number of carbonyl (C=O) groups is 1. The Bertz CT molecular complexity index is 339. The zero-order valence-corrected chi connectivity index (χ0v) is 8.05. The molecule has 1 rings (SSSR count). The van der Waals surface area contributed by atoms with Gasteiger partial charge in [-0.2, -0.15) is 0 Å². The molecule has 1 aromatic heterocycles. The summed E-state index contributed by atoms with van der Waals surface area (Å²) in [6.07, 6.45) is 1.49. The lowest BCUT2D eigenvalue weighted by atomic mass is 10.2. The van der Waals surface area contributed by atoms with E-state index in [2.05, 4.69) is 10.3 Å². The number of anilines is 1. The van der Waals surface area contributed by atoms with Gasteiger partial charge in [-0.1, -0.05) is 0 Å². The molecular formula is C9H13N3O3. The highest BCUT2D eigenvalue weighted by molar-refractivity contribution is 5.97. The highest BCUT2D eigenvalue weighted by Crippen LogP contribution is 2.11. The number of nitrogens with two attached hydrogens (primary N) is 1. The van der Waals surface area contributed by atoms with E-state index in [4.69, 9.17) is 15.9 Å². The van der Waals surface area contributed by atoms with Crippen molar-refractivity contribution in [3.63, 3.8) is 0 Å². The van der Waals surface area contributed by atoms with Crippen LogP contribution in [0.1, 0.15) is 10.4 Å². The second-order valence-corrected chi connectivity index (χ2v) is 2.97. The van der Waals surface area contributed by atoms with Gasteiger partial charge in [0.2, 0.25) is 0 Å². The molecule has 5 N–H and O–H groups in total. The van der Waals surface area contributed by atoms with Crippen molar-refractivity contribution in [3.8, 4) is 0 Å². The SMILES string of the molecule is NC(=O)c1cccnc1NC(CO)CO. The van der Waals surface area contributed by atoms with Crippen LogP contribution < -0.4 is 11.1 Å². The Labute approximate surface area is 86.8 Å². The minimum atomic E-state index is -0.611. The molecule has 82 valence electrons. The Morgan fingerprint density at radius 2 is 2.20 bits per heavy atom. The van der Waals surface area contributed by atoms with Gasteiger partial charge < -0.3 is 21.3 Å². The fourth-order valence-corrected chi connectivity index (χ4v) is 1.06. The van der Waals surface area contributed by atoms with E-state index in [0.717, 1.165) is 0 Å². The number of pyridine rings is 1. The summed E-state index contributed by atoms with van der Waals surface area (Å²) in [5.74, 6) is -0.349. The predicted octanol–water partition coefficient (Wildman–Crippen LogP) is -1.05. The highest BCUT2D eigenvalue weighted by atomic mass is 16.3. The smallest absolute Gasteiger partial charge is 0.252 e. The summed E-state index contributed by atoms with van der Waals surface area (Å²) < 4.78 is 0. The molecule has 0 radical (unpaired) electrons. The molecule has 0 aliphatic rings. The Balaban J connectivity index is 2.88. The van der Waals surface area contributed by atoms with Crippen molar-refractivity contribution < 1.29 is 15.0 Å². The number of rotatable bonds is 5. The number of amides is 1. The average molecular weight is 211 g/mol. The van der Waals surface area contributed by atoms with Crippen molar-refractivity contribution in [1.29, 1.82) is 0 Å². The van der Waals surface area contributed by atoms with Crippen LogP contribution in [0.15, 0.2) is 18.3 Å². The van der Waals surface area contributed by atoms with Crippen LogP contribution in [0, 0.1) is 0 Å². The molecule has 0 aliphatic heterocycles. The lowest BCUT2D eigenvalue weighted by Gasteiger charge is -2.15. The number of aliphatic hydroxyl groups is 2. The number of primary amides is 1. The lowest BCUT2D eigenvalue weighted by Crippen LogP contribution is -2.29. The minimum Gasteiger partial charge on any atom is -0.394 e. The molecule has 0 spiro atoms. The van der Waals surface area contributed by atoms with E-state index in [0.29, 0.717) is 0 Å². The van der Waals surface area contributed by atoms with E-state index in [1.54, 1.807) is 6.07 Å². The van der Waals surface area contributed by atoms with Crippen LogP contribution in [-0.4, -0.2) is 40.4 Å². The fourth-order valence-electron chi connectivity index (χ4n) is 1.06. The number of aromatic nitrogens is 1. The number of hydrogen-bond acceptors (Lipinski definition) is 5. The molecule has 0 saturated heterocycles. The molecule has 0 bridgehead atoms. The van der Waals surface area contributed by atoms with E-state index in [9.17, 15) is 4.79 Å². The predicted molar refractivity (Wildman–Crippen MR) is 54.3 cm³/mol. The first-order valence-corrected chi connectivity index (χ1v) is 4.42. The number of hydrogen-bond donors (Lipinski definition) is 4. The van der Waals surface area contributed by atoms with Gasteiger partial charge in [-0.25, -0.2) is 4.98 Å². The van der Waals surface area contributed by atoms with Crippen LogP contribution in [0.25, 0.3) is 0 Å². The lowest BCUT2D eigenvalue weighted by molar-refractivity contribution is 0.100. The topological polar surface area (TPSA) is 108 Å². The van der Waals surface area contributed by atoms with Gasteiger partial charge in [-0.3, -0.25) is 4.79 Å². The molecule has 6 nitrogen and oxygen atoms in total. The Hall–Kier alpha value is -1.66. The molecule has 0 atom stereocenters. The van der Waals surface area contributed by atoms with E-state index in [-0.39, 0.29) is 24.6 Å². The Morgan fingerprint density at radius 3 is 2.73 bits per heavy atom. The maximum atomic E-state index is 11.0. The highest BCUT2D eigenvalue weighted by Gasteiger charge is 2.12.